The van der Waals surface area contributed by atoms with Crippen LogP contribution in [0.5, 0.6) is 0 Å². The molecule has 2 heterocycles. The molecule has 0 unspecified atom stereocenters. The average molecular weight is 423 g/mol. The summed E-state index contributed by atoms with van der Waals surface area (Å²) in [5.74, 6) is 0.565. The van der Waals surface area contributed by atoms with E-state index < -0.39 is 0 Å². The van der Waals surface area contributed by atoms with Gasteiger partial charge in [-0.15, -0.1) is 0 Å². The molecule has 2 aromatic rings. The van der Waals surface area contributed by atoms with Gasteiger partial charge >= 0.3 is 0 Å². The van der Waals surface area contributed by atoms with E-state index >= 15 is 0 Å². The molecule has 1 aliphatic heterocycles. The first-order valence-corrected chi connectivity index (χ1v) is 11.4. The van der Waals surface area contributed by atoms with E-state index in [1.54, 1.807) is 12.4 Å². The van der Waals surface area contributed by atoms with Gasteiger partial charge in [0.2, 0.25) is 5.91 Å². The van der Waals surface area contributed by atoms with Crippen molar-refractivity contribution in [3.63, 3.8) is 0 Å². The van der Waals surface area contributed by atoms with E-state index in [2.05, 4.69) is 34.4 Å². The van der Waals surface area contributed by atoms with E-state index in [1.165, 1.54) is 0 Å². The summed E-state index contributed by atoms with van der Waals surface area (Å²) in [6.45, 7) is 6.68. The zero-order valence-electron chi connectivity index (χ0n) is 18.7. The molecule has 6 heteroatoms. The summed E-state index contributed by atoms with van der Waals surface area (Å²) < 4.78 is 0. The van der Waals surface area contributed by atoms with Crippen molar-refractivity contribution in [3.8, 4) is 0 Å². The van der Waals surface area contributed by atoms with Gasteiger partial charge in [-0.25, -0.2) is 0 Å². The van der Waals surface area contributed by atoms with Gasteiger partial charge in [-0.1, -0.05) is 32.8 Å². The van der Waals surface area contributed by atoms with E-state index in [0.29, 0.717) is 30.1 Å². The zero-order chi connectivity index (χ0) is 22.1. The number of benzene rings is 1. The number of hydrogen-bond donors (Lipinski definition) is 2. The van der Waals surface area contributed by atoms with Gasteiger partial charge in [-0.2, -0.15) is 0 Å². The van der Waals surface area contributed by atoms with E-state index in [9.17, 15) is 9.59 Å². The molecule has 6 nitrogen and oxygen atoms in total. The van der Waals surface area contributed by atoms with Crippen molar-refractivity contribution in [2.45, 2.75) is 58.9 Å². The summed E-state index contributed by atoms with van der Waals surface area (Å²) >= 11 is 0. The largest absolute Gasteiger partial charge is 0.371 e. The maximum absolute atomic E-state index is 13.1. The minimum atomic E-state index is -0.139. The summed E-state index contributed by atoms with van der Waals surface area (Å²) in [5, 5.41) is 5.97. The molecule has 1 aromatic heterocycles. The Bertz CT molecular complexity index is 861. The number of carbonyl (C=O) groups is 2. The zero-order valence-corrected chi connectivity index (χ0v) is 18.7. The molecule has 0 spiro atoms. The Morgan fingerprint density at radius 3 is 2.68 bits per heavy atom. The molecular formula is C25H34N4O2. The number of piperidine rings is 1. The lowest BCUT2D eigenvalue weighted by Gasteiger charge is -2.33. The Morgan fingerprint density at radius 1 is 1.16 bits per heavy atom. The number of pyridine rings is 1. The van der Waals surface area contributed by atoms with Gasteiger partial charge in [-0.3, -0.25) is 14.6 Å². The normalized spacial score (nSPS) is 14.3. The van der Waals surface area contributed by atoms with Crippen LogP contribution >= 0.6 is 0 Å². The lowest BCUT2D eigenvalue weighted by atomic mass is 9.97. The van der Waals surface area contributed by atoms with Gasteiger partial charge in [-0.05, 0) is 55.0 Å². The Labute approximate surface area is 185 Å². The molecule has 0 aliphatic carbocycles. The van der Waals surface area contributed by atoms with Crippen LogP contribution in [0.2, 0.25) is 0 Å². The Kier molecular flexibility index (Phi) is 8.44. The Morgan fingerprint density at radius 2 is 1.97 bits per heavy atom. The fourth-order valence-electron chi connectivity index (χ4n) is 3.86. The lowest BCUT2D eigenvalue weighted by Crippen LogP contribution is -2.35. The van der Waals surface area contributed by atoms with Gasteiger partial charge < -0.3 is 15.5 Å². The number of aromatic nitrogens is 1. The average Bonchev–Trinajstić information content (AvgIpc) is 2.79. The van der Waals surface area contributed by atoms with Gasteiger partial charge in [0.1, 0.15) is 0 Å². The number of rotatable bonds is 9. The van der Waals surface area contributed by atoms with Crippen LogP contribution in [-0.4, -0.2) is 29.9 Å². The second-order valence-electron chi connectivity index (χ2n) is 8.45. The Balaban J connectivity index is 1.76. The van der Waals surface area contributed by atoms with E-state index in [-0.39, 0.29) is 11.8 Å². The molecule has 0 saturated carbocycles. The monoisotopic (exact) mass is 422 g/mol. The summed E-state index contributed by atoms with van der Waals surface area (Å²) in [5.41, 5.74) is 3.15. The summed E-state index contributed by atoms with van der Waals surface area (Å²) in [7, 11) is 0. The third-order valence-electron chi connectivity index (χ3n) is 5.83. The van der Waals surface area contributed by atoms with Crippen LogP contribution in [0, 0.1) is 5.92 Å². The second kappa shape index (κ2) is 11.5. The van der Waals surface area contributed by atoms with Crippen molar-refractivity contribution < 1.29 is 9.59 Å². The SMILES string of the molecule is CCCCCC(=O)Nc1ccc(N2CCC(C)CC2)c(C(=O)NCc2cccnc2)c1. The van der Waals surface area contributed by atoms with E-state index in [1.807, 2.05) is 30.3 Å². The van der Waals surface area contributed by atoms with Crippen LogP contribution < -0.4 is 15.5 Å². The molecule has 0 atom stereocenters. The summed E-state index contributed by atoms with van der Waals surface area (Å²) in [6, 6.07) is 9.48. The number of hydrogen-bond acceptors (Lipinski definition) is 4. The lowest BCUT2D eigenvalue weighted by molar-refractivity contribution is -0.116. The number of nitrogens with zero attached hydrogens (tertiary/aromatic N) is 2. The molecule has 1 aromatic carbocycles. The molecule has 3 rings (SSSR count). The quantitative estimate of drug-likeness (QED) is 0.571. The van der Waals surface area contributed by atoms with E-state index in [4.69, 9.17) is 0 Å². The molecule has 166 valence electrons. The predicted molar refractivity (Wildman–Crippen MR) is 125 cm³/mol. The van der Waals surface area contributed by atoms with Gasteiger partial charge in [0.15, 0.2) is 0 Å². The number of nitrogens with one attached hydrogen (secondary N) is 2. The molecule has 1 aliphatic rings. The highest BCUT2D eigenvalue weighted by Gasteiger charge is 2.22. The molecule has 0 bridgehead atoms. The van der Waals surface area contributed by atoms with Crippen LogP contribution in [0.3, 0.4) is 0 Å². The standard InChI is InChI=1S/C25H34N4O2/c1-3-4-5-8-24(30)28-21-9-10-23(29-14-11-19(2)12-15-29)22(16-21)25(31)27-18-20-7-6-13-26-17-20/h6-7,9-10,13,16-17,19H,3-5,8,11-12,14-15,18H2,1-2H3,(H,27,31)(H,28,30). The highest BCUT2D eigenvalue weighted by atomic mass is 16.2. The topological polar surface area (TPSA) is 74.3 Å². The first kappa shape index (κ1) is 22.8. The number of amides is 2. The minimum absolute atomic E-state index is 0.00489. The second-order valence-corrected chi connectivity index (χ2v) is 8.45. The van der Waals surface area contributed by atoms with Crippen molar-refractivity contribution in [1.29, 1.82) is 0 Å². The molecule has 1 saturated heterocycles. The number of anilines is 2. The Hall–Kier alpha value is -2.89. The third kappa shape index (κ3) is 6.81. The summed E-state index contributed by atoms with van der Waals surface area (Å²) in [4.78, 5) is 31.8. The van der Waals surface area contributed by atoms with Crippen LogP contribution in [0.1, 0.15) is 68.3 Å². The number of carbonyl (C=O) groups excluding carboxylic acids is 2. The minimum Gasteiger partial charge on any atom is -0.371 e. The first-order chi connectivity index (χ1) is 15.1. The van der Waals surface area contributed by atoms with Crippen molar-refractivity contribution >= 4 is 23.2 Å². The number of unbranched alkanes of at least 4 members (excludes halogenated alkanes) is 2. The molecule has 2 N–H and O–H groups in total. The first-order valence-electron chi connectivity index (χ1n) is 11.4. The van der Waals surface area contributed by atoms with Gasteiger partial charge in [0.05, 0.1) is 5.56 Å². The smallest absolute Gasteiger partial charge is 0.253 e. The third-order valence-corrected chi connectivity index (χ3v) is 5.83. The van der Waals surface area contributed by atoms with Crippen molar-refractivity contribution in [3.05, 3.63) is 53.9 Å². The highest BCUT2D eigenvalue weighted by Crippen LogP contribution is 2.29. The maximum atomic E-state index is 13.1. The van der Waals surface area contributed by atoms with Gasteiger partial charge in [0, 0.05) is 49.8 Å². The molecule has 0 radical (unpaired) electrons. The summed E-state index contributed by atoms with van der Waals surface area (Å²) in [6.07, 6.45) is 9.21. The van der Waals surface area contributed by atoms with Crippen molar-refractivity contribution in [2.75, 3.05) is 23.3 Å². The molecule has 2 amide bonds. The van der Waals surface area contributed by atoms with Crippen molar-refractivity contribution in [1.82, 2.24) is 10.3 Å². The van der Waals surface area contributed by atoms with Crippen LogP contribution in [0.15, 0.2) is 42.7 Å². The molecule has 1 fully saturated rings. The predicted octanol–water partition coefficient (Wildman–Crippen LogP) is 4.77. The molecule has 31 heavy (non-hydrogen) atoms. The molecular weight excluding hydrogens is 388 g/mol. The highest BCUT2D eigenvalue weighted by molar-refractivity contribution is 6.02. The van der Waals surface area contributed by atoms with Crippen LogP contribution in [0.4, 0.5) is 11.4 Å². The fraction of sp³-hybridized carbons (Fsp3) is 0.480. The van der Waals surface area contributed by atoms with Gasteiger partial charge in [0.25, 0.3) is 5.91 Å². The van der Waals surface area contributed by atoms with Crippen LogP contribution in [0.25, 0.3) is 0 Å². The fourth-order valence-corrected chi connectivity index (χ4v) is 3.86. The van der Waals surface area contributed by atoms with E-state index in [0.717, 1.165) is 56.4 Å². The maximum Gasteiger partial charge on any atom is 0.253 e. The van der Waals surface area contributed by atoms with Crippen LogP contribution in [-0.2, 0) is 11.3 Å². The van der Waals surface area contributed by atoms with Crippen molar-refractivity contribution in [2.24, 2.45) is 5.92 Å².